The van der Waals surface area contributed by atoms with Crippen LogP contribution in [-0.4, -0.2) is 30.4 Å². The molecule has 1 aromatic carbocycles. The van der Waals surface area contributed by atoms with Crippen LogP contribution in [0.5, 0.6) is 0 Å². The third kappa shape index (κ3) is 4.51. The van der Waals surface area contributed by atoms with Gasteiger partial charge >= 0.3 is 11.9 Å². The fourth-order valence-corrected chi connectivity index (χ4v) is 1.47. The molecule has 0 amide bonds. The fourth-order valence-electron chi connectivity index (χ4n) is 1.30. The topological polar surface area (TPSA) is 69.7 Å². The van der Waals surface area contributed by atoms with E-state index >= 15 is 0 Å². The summed E-state index contributed by atoms with van der Waals surface area (Å²) >= 11 is 5.36. The van der Waals surface area contributed by atoms with Crippen LogP contribution in [0.2, 0.25) is 0 Å². The summed E-state index contributed by atoms with van der Waals surface area (Å²) in [6.45, 7) is 4.71. The Labute approximate surface area is 121 Å². The lowest BCUT2D eigenvalue weighted by molar-refractivity contribution is -0.140. The summed E-state index contributed by atoms with van der Waals surface area (Å²) in [5, 5.41) is -0.744. The molecule has 0 fully saturated rings. The van der Waals surface area contributed by atoms with Gasteiger partial charge in [-0.2, -0.15) is 0 Å². The Balaban J connectivity index is 2.54. The van der Waals surface area contributed by atoms with Crippen molar-refractivity contribution in [2.45, 2.75) is 6.92 Å². The molecule has 106 valence electrons. The predicted octanol–water partition coefficient (Wildman–Crippen LogP) is 2.34. The summed E-state index contributed by atoms with van der Waals surface area (Å²) in [5.74, 6) is -1.27. The lowest BCUT2D eigenvalue weighted by Gasteiger charge is -2.07. The van der Waals surface area contributed by atoms with Crippen LogP contribution in [0.1, 0.15) is 27.6 Å². The monoisotopic (exact) mass is 296 g/mol. The van der Waals surface area contributed by atoms with Crippen molar-refractivity contribution in [3.63, 3.8) is 0 Å². The molecule has 0 saturated heterocycles. The van der Waals surface area contributed by atoms with Crippen molar-refractivity contribution < 1.29 is 23.9 Å². The molecule has 0 N–H and O–H groups in total. The molecular weight excluding hydrogens is 284 g/mol. The minimum absolute atomic E-state index is 0.0677. The molecule has 1 rings (SSSR count). The third-order valence-corrected chi connectivity index (χ3v) is 2.46. The Morgan fingerprint density at radius 1 is 1.10 bits per heavy atom. The van der Waals surface area contributed by atoms with Crippen LogP contribution in [0.25, 0.3) is 0 Å². The van der Waals surface area contributed by atoms with E-state index < -0.39 is 17.2 Å². The van der Waals surface area contributed by atoms with E-state index in [9.17, 15) is 14.4 Å². The van der Waals surface area contributed by atoms with Gasteiger partial charge in [0.15, 0.2) is 0 Å². The Hall–Kier alpha value is -2.14. The van der Waals surface area contributed by atoms with Crippen molar-refractivity contribution >= 4 is 28.8 Å². The Morgan fingerprint density at radius 3 is 2.20 bits per heavy atom. The van der Waals surface area contributed by atoms with Gasteiger partial charge in [0.2, 0.25) is 0 Å². The number of ether oxygens (including phenoxy) is 2. The van der Waals surface area contributed by atoms with Crippen molar-refractivity contribution in [3.05, 3.63) is 47.5 Å². The molecule has 0 bridgehead atoms. The van der Waals surface area contributed by atoms with E-state index in [2.05, 4.69) is 6.58 Å². The summed E-state index contributed by atoms with van der Waals surface area (Å²) in [4.78, 5) is 34.0. The van der Waals surface area contributed by atoms with Gasteiger partial charge in [0, 0.05) is 11.1 Å². The van der Waals surface area contributed by atoms with E-state index in [1.807, 2.05) is 0 Å². The molecule has 1 aromatic rings. The summed E-state index contributed by atoms with van der Waals surface area (Å²) in [5.41, 5.74) is 0.395. The van der Waals surface area contributed by atoms with Gasteiger partial charge in [0.1, 0.15) is 13.2 Å². The van der Waals surface area contributed by atoms with Crippen LogP contribution < -0.4 is 0 Å². The summed E-state index contributed by atoms with van der Waals surface area (Å²) < 4.78 is 9.65. The first-order valence-electron chi connectivity index (χ1n) is 5.72. The Kier molecular flexibility index (Phi) is 5.93. The van der Waals surface area contributed by atoms with Crippen LogP contribution in [0, 0.1) is 0 Å². The second kappa shape index (κ2) is 7.45. The van der Waals surface area contributed by atoms with Gasteiger partial charge in [0.05, 0.1) is 5.56 Å². The van der Waals surface area contributed by atoms with Crippen LogP contribution in [0.15, 0.2) is 36.4 Å². The molecule has 0 heterocycles. The van der Waals surface area contributed by atoms with Gasteiger partial charge in [-0.1, -0.05) is 18.7 Å². The molecule has 0 saturated carbocycles. The Bertz CT molecular complexity index is 550. The van der Waals surface area contributed by atoms with Crippen molar-refractivity contribution in [1.82, 2.24) is 0 Å². The molecule has 0 aliphatic carbocycles. The maximum atomic E-state index is 11.8. The smallest absolute Gasteiger partial charge is 0.339 e. The minimum Gasteiger partial charge on any atom is -0.459 e. The number of benzene rings is 1. The van der Waals surface area contributed by atoms with E-state index in [0.717, 1.165) is 0 Å². The molecular formula is C14H13ClO5. The van der Waals surface area contributed by atoms with Crippen molar-refractivity contribution in [2.75, 3.05) is 13.2 Å². The van der Waals surface area contributed by atoms with E-state index in [4.69, 9.17) is 21.1 Å². The standard InChI is InChI=1S/C14H13ClO5/c1-9(2)13(17)19-7-8-20-14(18)11-6-4-3-5-10(11)12(15)16/h3-6H,1,7-8H2,2H3. The number of esters is 2. The first-order chi connectivity index (χ1) is 9.43. The van der Waals surface area contributed by atoms with Crippen LogP contribution >= 0.6 is 11.6 Å². The molecule has 0 aromatic heterocycles. The molecule has 0 aliphatic heterocycles. The van der Waals surface area contributed by atoms with E-state index in [0.29, 0.717) is 0 Å². The number of hydrogen-bond donors (Lipinski definition) is 0. The van der Waals surface area contributed by atoms with Gasteiger partial charge in [-0.05, 0) is 30.7 Å². The van der Waals surface area contributed by atoms with E-state index in [-0.39, 0.29) is 29.9 Å². The van der Waals surface area contributed by atoms with E-state index in [1.165, 1.54) is 19.1 Å². The highest BCUT2D eigenvalue weighted by molar-refractivity contribution is 6.68. The van der Waals surface area contributed by atoms with Gasteiger partial charge in [0.25, 0.3) is 5.24 Å². The normalized spacial score (nSPS) is 9.70. The van der Waals surface area contributed by atoms with Crippen LogP contribution in [-0.2, 0) is 14.3 Å². The van der Waals surface area contributed by atoms with E-state index in [1.54, 1.807) is 12.1 Å². The first kappa shape index (κ1) is 15.9. The summed E-state index contributed by atoms with van der Waals surface area (Å²) in [6, 6.07) is 6.02. The fraction of sp³-hybridized carbons (Fsp3) is 0.214. The first-order valence-corrected chi connectivity index (χ1v) is 6.10. The lowest BCUT2D eigenvalue weighted by atomic mass is 10.1. The highest BCUT2D eigenvalue weighted by Crippen LogP contribution is 2.12. The molecule has 20 heavy (non-hydrogen) atoms. The average molecular weight is 297 g/mol. The summed E-state index contributed by atoms with van der Waals surface area (Å²) in [7, 11) is 0. The van der Waals surface area contributed by atoms with Gasteiger partial charge in [-0.25, -0.2) is 9.59 Å². The second-order valence-corrected chi connectivity index (χ2v) is 4.21. The number of rotatable bonds is 6. The SMILES string of the molecule is C=C(C)C(=O)OCCOC(=O)c1ccccc1C(=O)Cl. The van der Waals surface area contributed by atoms with Crippen molar-refractivity contribution in [3.8, 4) is 0 Å². The van der Waals surface area contributed by atoms with Crippen molar-refractivity contribution in [2.24, 2.45) is 0 Å². The quantitative estimate of drug-likeness (QED) is 0.349. The average Bonchev–Trinajstić information content (AvgIpc) is 2.42. The molecule has 6 heteroatoms. The van der Waals surface area contributed by atoms with Gasteiger partial charge in [-0.15, -0.1) is 0 Å². The minimum atomic E-state index is -0.744. The van der Waals surface area contributed by atoms with Crippen molar-refractivity contribution in [1.29, 1.82) is 0 Å². The maximum Gasteiger partial charge on any atom is 0.339 e. The highest BCUT2D eigenvalue weighted by atomic mass is 35.5. The largest absolute Gasteiger partial charge is 0.459 e. The Morgan fingerprint density at radius 2 is 1.65 bits per heavy atom. The molecule has 5 nitrogen and oxygen atoms in total. The summed E-state index contributed by atoms with van der Waals surface area (Å²) in [6.07, 6.45) is 0. The maximum absolute atomic E-state index is 11.8. The molecule has 0 aliphatic rings. The zero-order chi connectivity index (χ0) is 15.1. The molecule has 0 spiro atoms. The number of hydrogen-bond acceptors (Lipinski definition) is 5. The second-order valence-electron chi connectivity index (χ2n) is 3.87. The zero-order valence-corrected chi connectivity index (χ0v) is 11.6. The molecule has 0 radical (unpaired) electrons. The predicted molar refractivity (Wildman–Crippen MR) is 72.7 cm³/mol. The molecule has 0 atom stereocenters. The van der Waals surface area contributed by atoms with Gasteiger partial charge < -0.3 is 9.47 Å². The zero-order valence-electron chi connectivity index (χ0n) is 10.8. The lowest BCUT2D eigenvalue weighted by Crippen LogP contribution is -2.15. The third-order valence-electron chi connectivity index (χ3n) is 2.26. The highest BCUT2D eigenvalue weighted by Gasteiger charge is 2.16. The van der Waals surface area contributed by atoms with Crippen LogP contribution in [0.3, 0.4) is 0 Å². The number of carbonyl (C=O) groups excluding carboxylic acids is 3. The number of carbonyl (C=O) groups is 3. The molecule has 0 unspecified atom stereocenters. The van der Waals surface area contributed by atoms with Gasteiger partial charge in [-0.3, -0.25) is 4.79 Å². The van der Waals surface area contributed by atoms with Crippen LogP contribution in [0.4, 0.5) is 0 Å². The number of halogens is 1.